The van der Waals surface area contributed by atoms with Crippen molar-refractivity contribution >= 4 is 34.1 Å². The lowest BCUT2D eigenvalue weighted by molar-refractivity contribution is 0.0753. The number of hydrogen-bond donors (Lipinski definition) is 3. The number of amides is 2. The predicted molar refractivity (Wildman–Crippen MR) is 126 cm³/mol. The minimum Gasteiger partial charge on any atom is -0.465 e. The molecule has 2 amide bonds. The molecule has 166 valence electrons. The summed E-state index contributed by atoms with van der Waals surface area (Å²) in [6.45, 7) is 2.13. The van der Waals surface area contributed by atoms with Gasteiger partial charge in [0.25, 0.3) is 5.91 Å². The summed E-state index contributed by atoms with van der Waals surface area (Å²) in [5.74, 6) is -0.0196. The second kappa shape index (κ2) is 8.66. The number of rotatable bonds is 4. The Kier molecular flexibility index (Phi) is 5.40. The number of fused-ring (bicyclic) bond motifs is 2. The molecule has 5 rings (SSSR count). The maximum Gasteiger partial charge on any atom is 0.409 e. The van der Waals surface area contributed by atoms with Gasteiger partial charge in [0.2, 0.25) is 0 Å². The summed E-state index contributed by atoms with van der Waals surface area (Å²) < 4.78 is 0. The first-order valence-corrected chi connectivity index (χ1v) is 10.7. The third kappa shape index (κ3) is 4.23. The summed E-state index contributed by atoms with van der Waals surface area (Å²) in [6.07, 6.45) is 2.28. The van der Waals surface area contributed by atoms with Gasteiger partial charge in [-0.25, -0.2) is 9.78 Å². The fourth-order valence-electron chi connectivity index (χ4n) is 4.34. The van der Waals surface area contributed by atoms with E-state index in [1.165, 1.54) is 0 Å². The van der Waals surface area contributed by atoms with Crippen molar-refractivity contribution in [1.29, 1.82) is 0 Å². The zero-order valence-corrected chi connectivity index (χ0v) is 17.9. The van der Waals surface area contributed by atoms with Gasteiger partial charge in [-0.05, 0) is 34.5 Å². The Hall–Kier alpha value is -4.33. The van der Waals surface area contributed by atoms with Crippen LogP contribution in [0.2, 0.25) is 0 Å². The number of benzene rings is 3. The highest BCUT2D eigenvalue weighted by atomic mass is 16.4. The molecule has 3 aromatic carbocycles. The first-order valence-electron chi connectivity index (χ1n) is 10.7. The van der Waals surface area contributed by atoms with Crippen LogP contribution >= 0.6 is 0 Å². The Balaban J connectivity index is 1.50. The lowest BCUT2D eigenvalue weighted by atomic mass is 10.0. The van der Waals surface area contributed by atoms with Crippen molar-refractivity contribution in [1.82, 2.24) is 14.9 Å². The molecular weight excluding hydrogens is 418 g/mol. The van der Waals surface area contributed by atoms with Crippen molar-refractivity contribution in [2.45, 2.75) is 13.1 Å². The zero-order valence-electron chi connectivity index (χ0n) is 17.9. The van der Waals surface area contributed by atoms with E-state index in [9.17, 15) is 9.59 Å². The van der Waals surface area contributed by atoms with Crippen molar-refractivity contribution in [3.8, 4) is 0 Å². The lowest BCUT2D eigenvalue weighted by Gasteiger charge is -2.25. The first-order chi connectivity index (χ1) is 16.1. The molecule has 0 saturated heterocycles. The molecule has 2 heterocycles. The zero-order chi connectivity index (χ0) is 22.8. The van der Waals surface area contributed by atoms with Crippen LogP contribution in [0, 0.1) is 0 Å². The summed E-state index contributed by atoms with van der Waals surface area (Å²) in [5, 5.41) is 13.5. The number of H-pyrrole nitrogens is 1. The fourth-order valence-corrected chi connectivity index (χ4v) is 4.34. The monoisotopic (exact) mass is 441 g/mol. The van der Waals surface area contributed by atoms with Gasteiger partial charge in [-0.2, -0.15) is 0 Å². The van der Waals surface area contributed by atoms with E-state index in [0.29, 0.717) is 37.4 Å². The summed E-state index contributed by atoms with van der Waals surface area (Å²) in [6, 6.07) is 19.1. The Bertz CT molecular complexity index is 1310. The fraction of sp³-hybridized carbons (Fsp3) is 0.160. The number of carbonyl (C=O) groups excluding carboxylic acids is 1. The van der Waals surface area contributed by atoms with Gasteiger partial charge in [-0.1, -0.05) is 42.5 Å². The minimum atomic E-state index is -1.11. The average Bonchev–Trinajstić information content (AvgIpc) is 3.27. The highest BCUT2D eigenvalue weighted by molar-refractivity contribution is 6.07. The third-order valence-corrected chi connectivity index (χ3v) is 5.90. The van der Waals surface area contributed by atoms with Crippen LogP contribution in [0.1, 0.15) is 21.6 Å². The minimum absolute atomic E-state index is 0.0196. The van der Waals surface area contributed by atoms with Crippen LogP contribution in [0.3, 0.4) is 0 Å². The lowest BCUT2D eigenvalue weighted by Crippen LogP contribution is -2.35. The average molecular weight is 441 g/mol. The Labute approximate surface area is 190 Å². The molecule has 1 aromatic heterocycles. The van der Waals surface area contributed by atoms with E-state index in [0.717, 1.165) is 27.7 Å². The van der Waals surface area contributed by atoms with E-state index in [4.69, 9.17) is 5.11 Å². The Morgan fingerprint density at radius 1 is 1.06 bits per heavy atom. The first kappa shape index (κ1) is 20.6. The highest BCUT2D eigenvalue weighted by Crippen LogP contribution is 2.31. The Morgan fingerprint density at radius 2 is 1.91 bits per heavy atom. The standard InChI is InChI=1S/C25H23N5O3/c31-24(22-7-3-5-17-4-1-2-6-21(17)22)30-11-10-29(15-20-13-26-16-27-20)23-12-19(28-25(32)33)9-8-18(23)14-30/h1-9,12-13,16,28H,10-11,14-15H2,(H,26,27)(H,32,33). The second-order valence-corrected chi connectivity index (χ2v) is 8.03. The van der Waals surface area contributed by atoms with Crippen molar-refractivity contribution in [3.05, 3.63) is 90.0 Å². The van der Waals surface area contributed by atoms with Gasteiger partial charge in [-0.3, -0.25) is 10.1 Å². The van der Waals surface area contributed by atoms with Crippen LogP contribution in [0.4, 0.5) is 16.2 Å². The second-order valence-electron chi connectivity index (χ2n) is 8.03. The summed E-state index contributed by atoms with van der Waals surface area (Å²) in [4.78, 5) is 36.0. The number of carbonyl (C=O) groups is 2. The van der Waals surface area contributed by atoms with Gasteiger partial charge in [0.1, 0.15) is 0 Å². The van der Waals surface area contributed by atoms with Crippen LogP contribution in [0.15, 0.2) is 73.2 Å². The number of aromatic nitrogens is 2. The highest BCUT2D eigenvalue weighted by Gasteiger charge is 2.25. The molecule has 1 aliphatic heterocycles. The SMILES string of the molecule is O=C(O)Nc1ccc2c(c1)N(Cc1cnc[nH]1)CCN(C(=O)c1cccc3ccccc13)C2. The molecule has 0 saturated carbocycles. The summed E-state index contributed by atoms with van der Waals surface area (Å²) in [5.41, 5.74) is 3.96. The van der Waals surface area contributed by atoms with Gasteiger partial charge in [-0.15, -0.1) is 0 Å². The predicted octanol–water partition coefficient (Wildman–Crippen LogP) is 4.32. The quantitative estimate of drug-likeness (QED) is 0.438. The normalized spacial score (nSPS) is 13.5. The molecule has 3 N–H and O–H groups in total. The molecule has 8 heteroatoms. The van der Waals surface area contributed by atoms with Crippen molar-refractivity contribution in [2.24, 2.45) is 0 Å². The van der Waals surface area contributed by atoms with Gasteiger partial charge in [0, 0.05) is 42.8 Å². The van der Waals surface area contributed by atoms with Gasteiger partial charge in [0.15, 0.2) is 0 Å². The van der Waals surface area contributed by atoms with Gasteiger partial charge in [0.05, 0.1) is 18.6 Å². The van der Waals surface area contributed by atoms with E-state index < -0.39 is 6.09 Å². The molecule has 33 heavy (non-hydrogen) atoms. The summed E-state index contributed by atoms with van der Waals surface area (Å²) in [7, 11) is 0. The largest absolute Gasteiger partial charge is 0.465 e. The molecule has 4 aromatic rings. The van der Waals surface area contributed by atoms with Crippen LogP contribution in [0.25, 0.3) is 10.8 Å². The molecular formula is C25H23N5O3. The smallest absolute Gasteiger partial charge is 0.409 e. The number of nitrogens with one attached hydrogen (secondary N) is 2. The molecule has 0 radical (unpaired) electrons. The molecule has 0 bridgehead atoms. The summed E-state index contributed by atoms with van der Waals surface area (Å²) >= 11 is 0. The van der Waals surface area contributed by atoms with Crippen molar-refractivity contribution < 1.29 is 14.7 Å². The van der Waals surface area contributed by atoms with E-state index in [1.807, 2.05) is 59.5 Å². The van der Waals surface area contributed by atoms with Crippen LogP contribution in [0.5, 0.6) is 0 Å². The third-order valence-electron chi connectivity index (χ3n) is 5.90. The van der Waals surface area contributed by atoms with Gasteiger partial charge < -0.3 is 19.9 Å². The maximum atomic E-state index is 13.6. The number of nitrogens with zero attached hydrogens (tertiary/aromatic N) is 3. The molecule has 0 unspecified atom stereocenters. The number of anilines is 2. The molecule has 0 fully saturated rings. The van der Waals surface area contributed by atoms with E-state index in [-0.39, 0.29) is 5.91 Å². The number of carboxylic acid groups (broad SMARTS) is 1. The number of aromatic amines is 1. The molecule has 8 nitrogen and oxygen atoms in total. The van der Waals surface area contributed by atoms with E-state index in [1.54, 1.807) is 18.6 Å². The van der Waals surface area contributed by atoms with Gasteiger partial charge >= 0.3 is 6.09 Å². The number of hydrogen-bond acceptors (Lipinski definition) is 4. The van der Waals surface area contributed by atoms with Crippen molar-refractivity contribution in [3.63, 3.8) is 0 Å². The van der Waals surface area contributed by atoms with Crippen LogP contribution in [-0.4, -0.2) is 45.1 Å². The molecule has 0 spiro atoms. The van der Waals surface area contributed by atoms with Crippen molar-refractivity contribution in [2.75, 3.05) is 23.3 Å². The van der Waals surface area contributed by atoms with E-state index >= 15 is 0 Å². The van der Waals surface area contributed by atoms with Crippen LogP contribution < -0.4 is 10.2 Å². The molecule has 0 aliphatic carbocycles. The molecule has 1 aliphatic rings. The maximum absolute atomic E-state index is 13.6. The van der Waals surface area contributed by atoms with E-state index in [2.05, 4.69) is 20.2 Å². The topological polar surface area (TPSA) is 102 Å². The van der Waals surface area contributed by atoms with Crippen LogP contribution in [-0.2, 0) is 13.1 Å². The molecule has 0 atom stereocenters. The number of imidazole rings is 1. The Morgan fingerprint density at radius 3 is 2.73 bits per heavy atom.